The van der Waals surface area contributed by atoms with E-state index in [1.54, 1.807) is 18.2 Å². The Balaban J connectivity index is 2.14. The van der Waals surface area contributed by atoms with Gasteiger partial charge in [-0.15, -0.1) is 0 Å². The van der Waals surface area contributed by atoms with Crippen LogP contribution in [0, 0.1) is 12.7 Å². The minimum absolute atomic E-state index is 0.0963. The van der Waals surface area contributed by atoms with Crippen LogP contribution < -0.4 is 4.74 Å². The van der Waals surface area contributed by atoms with Crippen molar-refractivity contribution < 1.29 is 14.2 Å². The SMILES string of the molecule is Cc1ccc(OCc2ccc(Cl)cc2F)c(CO)c1. The molecule has 0 fully saturated rings. The van der Waals surface area contributed by atoms with Gasteiger partial charge in [0.05, 0.1) is 6.61 Å². The highest BCUT2D eigenvalue weighted by Gasteiger charge is 2.07. The first-order chi connectivity index (χ1) is 9.10. The molecule has 2 aromatic rings. The number of ether oxygens (including phenoxy) is 1. The fourth-order valence-corrected chi connectivity index (χ4v) is 1.93. The summed E-state index contributed by atoms with van der Waals surface area (Å²) in [5, 5.41) is 9.61. The first-order valence-corrected chi connectivity index (χ1v) is 6.25. The van der Waals surface area contributed by atoms with Gasteiger partial charge in [-0.05, 0) is 25.1 Å². The van der Waals surface area contributed by atoms with E-state index in [1.807, 2.05) is 19.1 Å². The van der Waals surface area contributed by atoms with Crippen molar-refractivity contribution in [3.63, 3.8) is 0 Å². The maximum Gasteiger partial charge on any atom is 0.131 e. The Bertz CT molecular complexity index is 584. The van der Waals surface area contributed by atoms with E-state index in [-0.39, 0.29) is 13.2 Å². The molecule has 0 aliphatic rings. The van der Waals surface area contributed by atoms with Crippen LogP contribution in [0.5, 0.6) is 5.75 Å². The van der Waals surface area contributed by atoms with Gasteiger partial charge in [0.25, 0.3) is 0 Å². The third-order valence-corrected chi connectivity index (χ3v) is 3.02. The second-order valence-electron chi connectivity index (χ2n) is 4.29. The molecule has 1 N–H and O–H groups in total. The molecule has 2 aromatic carbocycles. The average Bonchev–Trinajstić information content (AvgIpc) is 2.39. The second-order valence-corrected chi connectivity index (χ2v) is 4.73. The topological polar surface area (TPSA) is 29.5 Å². The van der Waals surface area contributed by atoms with Crippen LogP contribution in [0.25, 0.3) is 0 Å². The zero-order valence-electron chi connectivity index (χ0n) is 10.5. The standard InChI is InChI=1S/C15H14ClFO2/c1-10-2-5-15(12(6-10)8-18)19-9-11-3-4-13(16)7-14(11)17/h2-7,18H,8-9H2,1H3. The molecule has 100 valence electrons. The number of aliphatic hydroxyl groups is 1. The second kappa shape index (κ2) is 6.04. The predicted octanol–water partition coefficient (Wildman–Crippen LogP) is 3.86. The van der Waals surface area contributed by atoms with Crippen molar-refractivity contribution >= 4 is 11.6 Å². The monoisotopic (exact) mass is 280 g/mol. The molecule has 0 bridgehead atoms. The third kappa shape index (κ3) is 3.46. The molecular weight excluding hydrogens is 267 g/mol. The third-order valence-electron chi connectivity index (χ3n) is 2.78. The molecule has 0 unspecified atom stereocenters. The molecule has 0 saturated heterocycles. The van der Waals surface area contributed by atoms with Gasteiger partial charge < -0.3 is 9.84 Å². The Morgan fingerprint density at radius 1 is 1.16 bits per heavy atom. The van der Waals surface area contributed by atoms with E-state index in [0.717, 1.165) is 5.56 Å². The summed E-state index contributed by atoms with van der Waals surface area (Å²) in [6.07, 6.45) is 0. The lowest BCUT2D eigenvalue weighted by molar-refractivity contribution is 0.257. The quantitative estimate of drug-likeness (QED) is 0.921. The molecule has 2 rings (SSSR count). The van der Waals surface area contributed by atoms with E-state index < -0.39 is 5.82 Å². The number of benzene rings is 2. The zero-order chi connectivity index (χ0) is 13.8. The van der Waals surface area contributed by atoms with Gasteiger partial charge in [0.15, 0.2) is 0 Å². The first-order valence-electron chi connectivity index (χ1n) is 5.87. The first kappa shape index (κ1) is 13.8. The number of halogens is 2. The molecule has 0 aliphatic heterocycles. The maximum absolute atomic E-state index is 13.6. The van der Waals surface area contributed by atoms with E-state index in [4.69, 9.17) is 16.3 Å². The van der Waals surface area contributed by atoms with Gasteiger partial charge in [0.2, 0.25) is 0 Å². The molecular formula is C15H14ClFO2. The van der Waals surface area contributed by atoms with E-state index in [9.17, 15) is 9.50 Å². The molecule has 0 aliphatic carbocycles. The summed E-state index contributed by atoms with van der Waals surface area (Å²) in [5.74, 6) is 0.160. The van der Waals surface area contributed by atoms with Crippen LogP contribution in [0.3, 0.4) is 0 Å². The smallest absolute Gasteiger partial charge is 0.131 e. The minimum atomic E-state index is -0.398. The highest BCUT2D eigenvalue weighted by Crippen LogP contribution is 2.22. The number of rotatable bonds is 4. The molecule has 0 atom stereocenters. The highest BCUT2D eigenvalue weighted by atomic mass is 35.5. The van der Waals surface area contributed by atoms with E-state index in [1.165, 1.54) is 6.07 Å². The van der Waals surface area contributed by atoms with Crippen molar-refractivity contribution in [3.8, 4) is 5.75 Å². The van der Waals surface area contributed by atoms with Crippen molar-refractivity contribution in [2.45, 2.75) is 20.1 Å². The summed E-state index contributed by atoms with van der Waals surface area (Å²) in [5.41, 5.74) is 2.15. The number of hydrogen-bond donors (Lipinski definition) is 1. The summed E-state index contributed by atoms with van der Waals surface area (Å²) in [6.45, 7) is 1.92. The van der Waals surface area contributed by atoms with Crippen LogP contribution in [0.15, 0.2) is 36.4 Å². The van der Waals surface area contributed by atoms with Crippen LogP contribution in [0.4, 0.5) is 4.39 Å². The van der Waals surface area contributed by atoms with Gasteiger partial charge in [-0.25, -0.2) is 4.39 Å². The highest BCUT2D eigenvalue weighted by molar-refractivity contribution is 6.30. The molecule has 0 radical (unpaired) electrons. The van der Waals surface area contributed by atoms with Crippen molar-refractivity contribution in [3.05, 3.63) is 63.9 Å². The van der Waals surface area contributed by atoms with Gasteiger partial charge >= 0.3 is 0 Å². The van der Waals surface area contributed by atoms with Gasteiger partial charge in [-0.2, -0.15) is 0 Å². The molecule has 0 spiro atoms. The Morgan fingerprint density at radius 3 is 2.63 bits per heavy atom. The Hall–Kier alpha value is -1.58. The Morgan fingerprint density at radius 2 is 1.95 bits per heavy atom. The molecule has 2 nitrogen and oxygen atoms in total. The fourth-order valence-electron chi connectivity index (χ4n) is 1.77. The van der Waals surface area contributed by atoms with Crippen LogP contribution in [-0.4, -0.2) is 5.11 Å². The molecule has 4 heteroatoms. The number of aliphatic hydroxyl groups excluding tert-OH is 1. The van der Waals surface area contributed by atoms with Crippen molar-refractivity contribution in [2.24, 2.45) is 0 Å². The summed E-state index contributed by atoms with van der Waals surface area (Å²) >= 11 is 5.69. The molecule has 0 aromatic heterocycles. The Kier molecular flexibility index (Phi) is 4.40. The lowest BCUT2D eigenvalue weighted by atomic mass is 10.1. The maximum atomic E-state index is 13.6. The largest absolute Gasteiger partial charge is 0.488 e. The van der Waals surface area contributed by atoms with Gasteiger partial charge in [-0.3, -0.25) is 0 Å². The van der Waals surface area contributed by atoms with Gasteiger partial charge in [-0.1, -0.05) is 35.4 Å². The van der Waals surface area contributed by atoms with Crippen molar-refractivity contribution in [1.29, 1.82) is 0 Å². The lowest BCUT2D eigenvalue weighted by Crippen LogP contribution is -2.01. The normalized spacial score (nSPS) is 10.5. The van der Waals surface area contributed by atoms with Gasteiger partial charge in [0.1, 0.15) is 18.2 Å². The van der Waals surface area contributed by atoms with Crippen LogP contribution in [-0.2, 0) is 13.2 Å². The van der Waals surface area contributed by atoms with Crippen molar-refractivity contribution in [2.75, 3.05) is 0 Å². The molecule has 0 heterocycles. The van der Waals surface area contributed by atoms with Crippen LogP contribution in [0.1, 0.15) is 16.7 Å². The zero-order valence-corrected chi connectivity index (χ0v) is 11.2. The average molecular weight is 281 g/mol. The fraction of sp³-hybridized carbons (Fsp3) is 0.200. The number of hydrogen-bond acceptors (Lipinski definition) is 2. The summed E-state index contributed by atoms with van der Waals surface area (Å²) in [7, 11) is 0. The minimum Gasteiger partial charge on any atom is -0.488 e. The number of aryl methyl sites for hydroxylation is 1. The van der Waals surface area contributed by atoms with Gasteiger partial charge in [0, 0.05) is 16.1 Å². The van der Waals surface area contributed by atoms with Crippen LogP contribution >= 0.6 is 11.6 Å². The molecule has 0 saturated carbocycles. The Labute approximate surface area is 116 Å². The van der Waals surface area contributed by atoms with Crippen LogP contribution in [0.2, 0.25) is 5.02 Å². The van der Waals surface area contributed by atoms with E-state index >= 15 is 0 Å². The summed E-state index contributed by atoms with van der Waals surface area (Å²) in [6, 6.07) is 9.95. The predicted molar refractivity (Wildman–Crippen MR) is 72.8 cm³/mol. The summed E-state index contributed by atoms with van der Waals surface area (Å²) < 4.78 is 19.1. The molecule has 0 amide bonds. The van der Waals surface area contributed by atoms with E-state index in [2.05, 4.69) is 0 Å². The lowest BCUT2D eigenvalue weighted by Gasteiger charge is -2.11. The van der Waals surface area contributed by atoms with E-state index in [0.29, 0.717) is 21.9 Å². The summed E-state index contributed by atoms with van der Waals surface area (Å²) in [4.78, 5) is 0. The molecule has 19 heavy (non-hydrogen) atoms. The van der Waals surface area contributed by atoms with Crippen molar-refractivity contribution in [1.82, 2.24) is 0 Å².